The number of aliphatic hydroxyl groups excluding tert-OH is 3. The number of amides is 1. The summed E-state index contributed by atoms with van der Waals surface area (Å²) in [4.78, 5) is 67.6. The topological polar surface area (TPSA) is 213 Å². The van der Waals surface area contributed by atoms with Gasteiger partial charge in [-0.1, -0.05) is 76.6 Å². The fraction of sp³-hybridized carbons (Fsp3) is 0.755. The van der Waals surface area contributed by atoms with E-state index < -0.39 is 54.2 Å². The highest BCUT2D eigenvalue weighted by molar-refractivity contribution is 6.38. The summed E-state index contributed by atoms with van der Waals surface area (Å²) in [6, 6.07) is 0. The normalized spacial score (nSPS) is 35.2. The van der Waals surface area contributed by atoms with Gasteiger partial charge in [0.25, 0.3) is 5.91 Å². The number of carbonyl (C=O) groups is 5. The third kappa shape index (κ3) is 19.4. The van der Waals surface area contributed by atoms with Crippen molar-refractivity contribution in [3.8, 4) is 0 Å². The van der Waals surface area contributed by atoms with Crippen molar-refractivity contribution < 1.29 is 67.7 Å². The molecule has 1 saturated heterocycles. The van der Waals surface area contributed by atoms with Crippen LogP contribution in [-0.2, 0) is 52.4 Å². The number of allylic oxidation sites excluding steroid dienone is 6. The van der Waals surface area contributed by atoms with Crippen LogP contribution in [0.2, 0.25) is 0 Å². The Labute approximate surface area is 405 Å². The van der Waals surface area contributed by atoms with E-state index in [1.807, 2.05) is 71.1 Å². The van der Waals surface area contributed by atoms with Gasteiger partial charge in [0, 0.05) is 58.8 Å². The fourth-order valence-electron chi connectivity index (χ4n) is 9.83. The highest BCUT2D eigenvalue weighted by Crippen LogP contribution is 2.35. The number of nitrogens with one attached hydrogen (secondary N) is 1. The number of rotatable bonds is 9. The van der Waals surface area contributed by atoms with Gasteiger partial charge in [0.2, 0.25) is 5.78 Å². The van der Waals surface area contributed by atoms with Gasteiger partial charge in [-0.25, -0.2) is 0 Å². The number of cyclic esters (lactones) is 1. The van der Waals surface area contributed by atoms with Gasteiger partial charge in [0.1, 0.15) is 24.1 Å². The minimum atomic E-state index is -1.78. The molecule has 1 amide bonds. The van der Waals surface area contributed by atoms with Crippen LogP contribution >= 0.6 is 0 Å². The molecule has 3 rings (SSSR count). The van der Waals surface area contributed by atoms with Crippen LogP contribution in [0.15, 0.2) is 47.6 Å². The largest absolute Gasteiger partial charge is 0.462 e. The van der Waals surface area contributed by atoms with Gasteiger partial charge >= 0.3 is 5.97 Å². The monoisotopic (exact) mass is 960 g/mol. The molecule has 1 aliphatic carbocycles. The lowest BCUT2D eigenvalue weighted by molar-refractivity contribution is -0.158. The number of ketones is 3. The molecule has 2 heterocycles. The van der Waals surface area contributed by atoms with Crippen LogP contribution in [0, 0.1) is 35.5 Å². The average Bonchev–Trinajstić information content (AvgIpc) is 3.30. The molecule has 2 aliphatic heterocycles. The van der Waals surface area contributed by atoms with Crippen LogP contribution < -0.4 is 5.32 Å². The number of esters is 1. The molecule has 2 bridgehead atoms. The van der Waals surface area contributed by atoms with Gasteiger partial charge in [-0.3, -0.25) is 24.0 Å². The summed E-state index contributed by atoms with van der Waals surface area (Å²) >= 11 is 0. The lowest BCUT2D eigenvalue weighted by atomic mass is 9.78. The van der Waals surface area contributed by atoms with Crippen molar-refractivity contribution >= 4 is 29.2 Å². The summed E-state index contributed by atoms with van der Waals surface area (Å²) in [6.45, 7) is 13.5. The molecular formula is C53H85NO14. The Morgan fingerprint density at radius 2 is 1.54 bits per heavy atom. The van der Waals surface area contributed by atoms with Gasteiger partial charge in [0.15, 0.2) is 12.0 Å². The maximum absolute atomic E-state index is 13.9. The molecule has 15 heteroatoms. The molecule has 2 fully saturated rings. The zero-order valence-electron chi connectivity index (χ0n) is 42.6. The summed E-state index contributed by atoms with van der Waals surface area (Å²) in [7, 11) is 4.77. The Morgan fingerprint density at radius 1 is 0.824 bits per heavy atom. The molecule has 15 atom stereocenters. The van der Waals surface area contributed by atoms with Gasteiger partial charge < -0.3 is 49.1 Å². The van der Waals surface area contributed by atoms with Crippen LogP contribution in [-0.4, -0.2) is 134 Å². The van der Waals surface area contributed by atoms with E-state index in [4.69, 9.17) is 28.4 Å². The van der Waals surface area contributed by atoms with Gasteiger partial charge in [-0.15, -0.1) is 0 Å². The molecule has 68 heavy (non-hydrogen) atoms. The Hall–Kier alpha value is -3.41. The molecule has 0 spiro atoms. The van der Waals surface area contributed by atoms with Crippen molar-refractivity contribution in [3.63, 3.8) is 0 Å². The lowest BCUT2D eigenvalue weighted by Gasteiger charge is -2.37. The minimum absolute atomic E-state index is 0.0108. The molecule has 3 aliphatic rings. The summed E-state index contributed by atoms with van der Waals surface area (Å²) in [5.74, 6) is -3.65. The maximum atomic E-state index is 13.9. The van der Waals surface area contributed by atoms with E-state index >= 15 is 0 Å². The van der Waals surface area contributed by atoms with Crippen molar-refractivity contribution in [2.45, 2.75) is 187 Å². The van der Waals surface area contributed by atoms with Crippen LogP contribution in [0.5, 0.6) is 0 Å². The third-order valence-corrected chi connectivity index (χ3v) is 14.0. The summed E-state index contributed by atoms with van der Waals surface area (Å²) in [5, 5.41) is 33.0. The average molecular weight is 960 g/mol. The van der Waals surface area contributed by atoms with Crippen molar-refractivity contribution in [1.29, 1.82) is 0 Å². The van der Waals surface area contributed by atoms with Crippen LogP contribution in [0.3, 0.4) is 0 Å². The van der Waals surface area contributed by atoms with Crippen LogP contribution in [0.25, 0.3) is 0 Å². The second-order valence-electron chi connectivity index (χ2n) is 19.9. The molecule has 4 N–H and O–H groups in total. The predicted molar refractivity (Wildman–Crippen MR) is 258 cm³/mol. The summed E-state index contributed by atoms with van der Waals surface area (Å²) in [5.41, 5.74) is 1.77. The number of carbonyl (C=O) groups excluding carboxylic acids is 5. The van der Waals surface area contributed by atoms with Crippen molar-refractivity contribution in [3.05, 3.63) is 47.6 Å². The van der Waals surface area contributed by atoms with E-state index in [0.717, 1.165) is 24.0 Å². The van der Waals surface area contributed by atoms with E-state index in [0.29, 0.717) is 44.9 Å². The second kappa shape index (κ2) is 30.4. The number of Topliss-reactive ketones (excluding diaryl/α,β-unsaturated/α-hetero) is 3. The second-order valence-corrected chi connectivity index (χ2v) is 19.9. The van der Waals surface area contributed by atoms with Gasteiger partial charge in [-0.05, 0) is 101 Å². The van der Waals surface area contributed by atoms with E-state index in [9.17, 15) is 39.3 Å². The molecule has 0 aromatic heterocycles. The highest BCUT2D eigenvalue weighted by atomic mass is 16.5. The van der Waals surface area contributed by atoms with E-state index in [2.05, 4.69) is 12.2 Å². The van der Waals surface area contributed by atoms with Gasteiger partial charge in [0.05, 0.1) is 43.7 Å². The number of fused-ring (bicyclic) bond motifs is 2. The predicted octanol–water partition coefficient (Wildman–Crippen LogP) is 6.49. The zero-order valence-corrected chi connectivity index (χ0v) is 42.6. The number of ether oxygens (including phenoxy) is 6. The van der Waals surface area contributed by atoms with E-state index in [-0.39, 0.29) is 104 Å². The number of hydrogen-bond acceptors (Lipinski definition) is 14. The van der Waals surface area contributed by atoms with Crippen LogP contribution in [0.4, 0.5) is 0 Å². The summed E-state index contributed by atoms with van der Waals surface area (Å²) in [6.07, 6.45) is 10.3. The molecule has 0 aromatic carbocycles. The maximum Gasteiger partial charge on any atom is 0.306 e. The summed E-state index contributed by atoms with van der Waals surface area (Å²) < 4.78 is 35.3. The first-order chi connectivity index (χ1) is 32.3. The first-order valence-corrected chi connectivity index (χ1v) is 24.9. The smallest absolute Gasteiger partial charge is 0.306 e. The molecule has 15 nitrogen and oxygen atoms in total. The third-order valence-electron chi connectivity index (χ3n) is 14.0. The highest BCUT2D eigenvalue weighted by Gasteiger charge is 2.39. The van der Waals surface area contributed by atoms with Crippen LogP contribution in [0.1, 0.15) is 132 Å². The lowest BCUT2D eigenvalue weighted by Crippen LogP contribution is -2.51. The molecule has 1 saturated carbocycles. The van der Waals surface area contributed by atoms with Crippen molar-refractivity contribution in [2.75, 3.05) is 34.5 Å². The van der Waals surface area contributed by atoms with Crippen molar-refractivity contribution in [1.82, 2.24) is 5.32 Å². The number of hydrogen-bond donors (Lipinski definition) is 4. The first-order valence-electron chi connectivity index (χ1n) is 24.9. The van der Waals surface area contributed by atoms with Crippen molar-refractivity contribution in [2.24, 2.45) is 35.5 Å². The molecule has 0 aromatic rings. The number of aliphatic hydroxyl groups is 3. The molecular weight excluding hydrogens is 875 g/mol. The van der Waals surface area contributed by atoms with E-state index in [1.54, 1.807) is 21.1 Å². The molecule has 11 unspecified atom stereocenters. The molecule has 386 valence electrons. The minimum Gasteiger partial charge on any atom is -0.462 e. The van der Waals surface area contributed by atoms with Gasteiger partial charge in [-0.2, -0.15) is 0 Å². The Kier molecular flexibility index (Phi) is 26.3. The first kappa shape index (κ1) is 58.9. The Morgan fingerprint density at radius 3 is 2.22 bits per heavy atom. The fourth-order valence-corrected chi connectivity index (χ4v) is 9.83. The molecule has 0 radical (unpaired) electrons. The quantitative estimate of drug-likeness (QED) is 0.111. The number of methoxy groups -OCH3 is 3. The SMILES string of the molecule is COC1CC(C)=CC(C)C(=O)CC([C@H](C)C[C@@H]2CC[C@@H](OCCO)[C@H](OC)C2)OC(=O)CCCC(O)C(O)NC(=O)C(=O)C2OC(CCC2C)CC(OC)C(C)=CC=CC=CC(C)CC(C)C1=O. The Balaban J connectivity index is 1.85. The van der Waals surface area contributed by atoms with E-state index in [1.165, 1.54) is 7.11 Å². The Bertz CT molecular complexity index is 1720. The standard InChI is InChI=1S/C53H85NO14/c1-32-15-12-11-13-16-34(3)44(63-8)30-40-21-19-35(4)51(67-40)50(60)53(62)54-52(61)41(56)17-14-18-48(58)68-45(37(6)28-39-20-22-43(66-24-23-55)46(29-39)64-9)31-42(57)36(5)26-33(2)27-47(65-10)49(59)38(7)25-32/h11-13,15-16,26,32,35-41,43-47,51-52,55-56,61H,14,17-25,27-31H2,1-10H3,(H,54,62)/t32?,35?,36?,37-,38?,39+,40?,41?,43-,44?,45?,46-,47?,51?,52?/m1/s1. The zero-order chi connectivity index (χ0) is 50.5.